The van der Waals surface area contributed by atoms with Crippen LogP contribution in [0.3, 0.4) is 0 Å². The van der Waals surface area contributed by atoms with Gasteiger partial charge in [0.05, 0.1) is 12.2 Å². The smallest absolute Gasteiger partial charge is 0.341 e. The van der Waals surface area contributed by atoms with Crippen molar-refractivity contribution >= 4 is 39.7 Å². The number of fused-ring (bicyclic) bond motifs is 1. The number of nitrogens with one attached hydrogen (secondary N) is 1. The number of nitrogens with zero attached hydrogens (tertiary/aromatic N) is 5. The van der Waals surface area contributed by atoms with Gasteiger partial charge in [-0.05, 0) is 61.6 Å². The highest BCUT2D eigenvalue weighted by atomic mass is 32.1. The Morgan fingerprint density at radius 1 is 1.23 bits per heavy atom. The Hall–Kier alpha value is -3.01. The Morgan fingerprint density at radius 3 is 2.77 bits per heavy atom. The Morgan fingerprint density at radius 2 is 2.03 bits per heavy atom. The molecule has 2 fully saturated rings. The van der Waals surface area contributed by atoms with E-state index in [1.165, 1.54) is 11.3 Å². The van der Waals surface area contributed by atoms with E-state index < -0.39 is 0 Å². The Kier molecular flexibility index (Phi) is 5.31. The van der Waals surface area contributed by atoms with E-state index in [-0.39, 0.29) is 17.8 Å². The lowest BCUT2D eigenvalue weighted by Gasteiger charge is -2.31. The molecule has 0 bridgehead atoms. The lowest BCUT2D eigenvalue weighted by molar-refractivity contribution is -0.120. The molecular weight excluding hydrogens is 416 g/mol. The van der Waals surface area contributed by atoms with Crippen LogP contribution in [-0.2, 0) is 9.53 Å². The number of aromatic nitrogens is 4. The van der Waals surface area contributed by atoms with Crippen LogP contribution in [0.2, 0.25) is 0 Å². The van der Waals surface area contributed by atoms with Gasteiger partial charge in [-0.25, -0.2) is 4.79 Å². The number of thiophene rings is 1. The number of esters is 1. The third-order valence-corrected chi connectivity index (χ3v) is 6.80. The second-order valence-corrected chi connectivity index (χ2v) is 8.85. The normalized spacial score (nSPS) is 17.1. The summed E-state index contributed by atoms with van der Waals surface area (Å²) in [4.78, 5) is 27.7. The van der Waals surface area contributed by atoms with Gasteiger partial charge in [-0.1, -0.05) is 0 Å². The molecule has 1 aliphatic carbocycles. The van der Waals surface area contributed by atoms with Crippen LogP contribution in [0.4, 0.5) is 10.8 Å². The van der Waals surface area contributed by atoms with Crippen LogP contribution >= 0.6 is 11.3 Å². The van der Waals surface area contributed by atoms with E-state index in [0.717, 1.165) is 50.2 Å². The van der Waals surface area contributed by atoms with Crippen molar-refractivity contribution in [2.24, 2.45) is 5.92 Å². The zero-order valence-electron chi connectivity index (χ0n) is 17.3. The van der Waals surface area contributed by atoms with E-state index in [1.54, 1.807) is 17.8 Å². The lowest BCUT2D eigenvalue weighted by Crippen LogP contribution is -2.38. The molecular formula is C21H24N6O3S. The molecule has 2 aliphatic rings. The molecule has 0 spiro atoms. The minimum absolute atomic E-state index is 0.0309. The summed E-state index contributed by atoms with van der Waals surface area (Å²) >= 11 is 1.42. The van der Waals surface area contributed by atoms with Gasteiger partial charge in [-0.15, -0.1) is 26.6 Å². The summed E-state index contributed by atoms with van der Waals surface area (Å²) in [6.07, 6.45) is 5.21. The van der Waals surface area contributed by atoms with Gasteiger partial charge in [0.25, 0.3) is 0 Å². The van der Waals surface area contributed by atoms with Crippen LogP contribution in [0.15, 0.2) is 23.8 Å². The number of anilines is 2. The lowest BCUT2D eigenvalue weighted by atomic mass is 9.96. The molecule has 162 valence electrons. The summed E-state index contributed by atoms with van der Waals surface area (Å²) in [6, 6.07) is 3.82. The average molecular weight is 441 g/mol. The van der Waals surface area contributed by atoms with Gasteiger partial charge < -0.3 is 15.0 Å². The third kappa shape index (κ3) is 3.99. The van der Waals surface area contributed by atoms with Crippen molar-refractivity contribution in [2.45, 2.75) is 38.5 Å². The van der Waals surface area contributed by atoms with E-state index in [2.05, 4.69) is 25.5 Å². The minimum atomic E-state index is -0.341. The van der Waals surface area contributed by atoms with E-state index in [9.17, 15) is 9.59 Å². The molecule has 1 saturated carbocycles. The number of carbonyl (C=O) groups excluding carboxylic acids is 2. The topological polar surface area (TPSA) is 102 Å². The number of piperidine rings is 1. The molecule has 4 heterocycles. The largest absolute Gasteiger partial charge is 0.462 e. The highest BCUT2D eigenvalue weighted by Gasteiger charge is 2.33. The summed E-state index contributed by atoms with van der Waals surface area (Å²) in [5.74, 6) is 0.794. The first-order chi connectivity index (χ1) is 15.1. The first-order valence-electron chi connectivity index (χ1n) is 10.7. The molecule has 0 atom stereocenters. The van der Waals surface area contributed by atoms with E-state index in [4.69, 9.17) is 4.74 Å². The molecule has 9 nitrogen and oxygen atoms in total. The molecule has 1 aliphatic heterocycles. The van der Waals surface area contributed by atoms with Gasteiger partial charge in [0, 0.05) is 19.0 Å². The van der Waals surface area contributed by atoms with E-state index in [1.807, 2.05) is 17.5 Å². The van der Waals surface area contributed by atoms with Gasteiger partial charge in [0.15, 0.2) is 5.65 Å². The van der Waals surface area contributed by atoms with Gasteiger partial charge in [0.1, 0.15) is 17.1 Å². The van der Waals surface area contributed by atoms with Crippen LogP contribution in [0.5, 0.6) is 0 Å². The predicted octanol–water partition coefficient (Wildman–Crippen LogP) is 3.10. The maximum atomic E-state index is 13.0. The zero-order valence-corrected chi connectivity index (χ0v) is 18.1. The standard InChI is InChI=1S/C21H24N6O3S/c1-2-30-21(29)18-15(13-3-4-13)11-31-20(18)23-19(28)14-7-9-26(10-8-14)17-6-5-16-24-22-12-27(16)25-17/h5-6,11-14H,2-4,7-10H2,1H3,(H,23,28). The first-order valence-corrected chi connectivity index (χ1v) is 11.5. The number of hydrogen-bond acceptors (Lipinski definition) is 8. The maximum absolute atomic E-state index is 13.0. The van der Waals surface area contributed by atoms with Crippen molar-refractivity contribution < 1.29 is 14.3 Å². The number of amides is 1. The number of carbonyl (C=O) groups is 2. The van der Waals surface area contributed by atoms with E-state index in [0.29, 0.717) is 28.7 Å². The molecule has 0 aromatic carbocycles. The van der Waals surface area contributed by atoms with Gasteiger partial charge in [0.2, 0.25) is 5.91 Å². The van der Waals surface area contributed by atoms with Crippen molar-refractivity contribution in [3.8, 4) is 0 Å². The van der Waals surface area contributed by atoms with Gasteiger partial charge in [-0.2, -0.15) is 4.52 Å². The second kappa shape index (κ2) is 8.26. The van der Waals surface area contributed by atoms with Crippen LogP contribution in [0.25, 0.3) is 5.65 Å². The molecule has 3 aromatic rings. The molecule has 10 heteroatoms. The maximum Gasteiger partial charge on any atom is 0.341 e. The number of rotatable bonds is 6. The summed E-state index contributed by atoms with van der Waals surface area (Å²) in [5, 5.41) is 18.0. The number of ether oxygens (including phenoxy) is 1. The summed E-state index contributed by atoms with van der Waals surface area (Å²) < 4.78 is 6.90. The Labute approximate surface area is 183 Å². The van der Waals surface area contributed by atoms with Crippen molar-refractivity contribution in [3.05, 3.63) is 35.0 Å². The Balaban J connectivity index is 1.24. The molecule has 31 heavy (non-hydrogen) atoms. The molecule has 5 rings (SSSR count). The summed E-state index contributed by atoms with van der Waals surface area (Å²) in [7, 11) is 0. The molecule has 1 saturated heterocycles. The van der Waals surface area contributed by atoms with Crippen LogP contribution in [-0.4, -0.2) is 51.4 Å². The predicted molar refractivity (Wildman–Crippen MR) is 117 cm³/mol. The molecule has 1 amide bonds. The molecule has 0 radical (unpaired) electrons. The van der Waals surface area contributed by atoms with Crippen LogP contribution in [0, 0.1) is 5.92 Å². The Bertz CT molecular complexity index is 1110. The monoisotopic (exact) mass is 440 g/mol. The highest BCUT2D eigenvalue weighted by Crippen LogP contribution is 2.46. The quantitative estimate of drug-likeness (QED) is 0.588. The fourth-order valence-electron chi connectivity index (χ4n) is 4.04. The van der Waals surface area contributed by atoms with E-state index >= 15 is 0 Å². The third-order valence-electron chi connectivity index (χ3n) is 5.89. The van der Waals surface area contributed by atoms with Crippen molar-refractivity contribution in [1.29, 1.82) is 0 Å². The minimum Gasteiger partial charge on any atom is -0.462 e. The fraction of sp³-hybridized carbons (Fsp3) is 0.476. The summed E-state index contributed by atoms with van der Waals surface area (Å²) in [5.41, 5.74) is 2.27. The second-order valence-electron chi connectivity index (χ2n) is 7.97. The molecule has 0 unspecified atom stereocenters. The first kappa shape index (κ1) is 19.9. The van der Waals surface area contributed by atoms with Crippen molar-refractivity contribution in [2.75, 3.05) is 29.9 Å². The number of hydrogen-bond donors (Lipinski definition) is 1. The van der Waals surface area contributed by atoms with Crippen molar-refractivity contribution in [1.82, 2.24) is 19.8 Å². The van der Waals surface area contributed by atoms with Crippen LogP contribution in [0.1, 0.15) is 54.4 Å². The molecule has 3 aromatic heterocycles. The van der Waals surface area contributed by atoms with Gasteiger partial charge in [-0.3, -0.25) is 4.79 Å². The van der Waals surface area contributed by atoms with Crippen LogP contribution < -0.4 is 10.2 Å². The summed E-state index contributed by atoms with van der Waals surface area (Å²) in [6.45, 7) is 3.59. The molecule has 1 N–H and O–H groups in total. The highest BCUT2D eigenvalue weighted by molar-refractivity contribution is 7.15. The van der Waals surface area contributed by atoms with Crippen molar-refractivity contribution in [3.63, 3.8) is 0 Å². The van der Waals surface area contributed by atoms with Gasteiger partial charge >= 0.3 is 5.97 Å². The zero-order chi connectivity index (χ0) is 21.4. The average Bonchev–Trinajstić information content (AvgIpc) is 3.37. The SMILES string of the molecule is CCOC(=O)c1c(C2CC2)csc1NC(=O)C1CCN(c2ccc3nncn3n2)CC1. The fourth-order valence-corrected chi connectivity index (χ4v) is 5.08.